The Morgan fingerprint density at radius 3 is 2.34 bits per heavy atom. The Hall–Kier alpha value is -3.81. The predicted octanol–water partition coefficient (Wildman–Crippen LogP) is 6.35. The number of benzene rings is 1. The van der Waals surface area contributed by atoms with Crippen LogP contribution in [-0.4, -0.2) is 73.5 Å². The van der Waals surface area contributed by atoms with Gasteiger partial charge in [0.15, 0.2) is 0 Å². The molecule has 5 rings (SSSR count). The normalized spacial score (nSPS) is 18.1. The number of likely N-dealkylation sites (tertiary alicyclic amines) is 1. The maximum absolute atomic E-state index is 13.6. The molecule has 0 radical (unpaired) electrons. The lowest BCUT2D eigenvalue weighted by atomic mass is 9.86. The van der Waals surface area contributed by atoms with E-state index in [1.54, 1.807) is 39.1 Å². The van der Waals surface area contributed by atoms with Crippen LogP contribution in [0.5, 0.6) is 0 Å². The average molecular weight is 627 g/mol. The van der Waals surface area contributed by atoms with Gasteiger partial charge in [-0.3, -0.25) is 4.79 Å². The van der Waals surface area contributed by atoms with Gasteiger partial charge in [0.05, 0.1) is 6.04 Å². The molecule has 2 aliphatic heterocycles. The van der Waals surface area contributed by atoms with Gasteiger partial charge in [-0.25, -0.2) is 9.78 Å². The summed E-state index contributed by atoms with van der Waals surface area (Å²) in [5.74, 6) is -2.49. The van der Waals surface area contributed by atoms with Gasteiger partial charge in [0, 0.05) is 43.0 Å². The Labute approximate surface area is 249 Å². The first-order valence-electron chi connectivity index (χ1n) is 14.1. The van der Waals surface area contributed by atoms with Crippen LogP contribution < -0.4 is 0 Å². The van der Waals surface area contributed by atoms with Crippen molar-refractivity contribution in [3.05, 3.63) is 52.8 Å². The summed E-state index contributed by atoms with van der Waals surface area (Å²) < 4.78 is 87.0. The lowest BCUT2D eigenvalue weighted by Crippen LogP contribution is -2.66. The Kier molecular flexibility index (Phi) is 7.67. The molecule has 0 unspecified atom stereocenters. The number of nitrogens with one attached hydrogen (secondary N) is 1. The Balaban J connectivity index is 1.61. The molecule has 2 N–H and O–H groups in total. The molecule has 0 bridgehead atoms. The largest absolute Gasteiger partial charge is 0.444 e. The highest BCUT2D eigenvalue weighted by Gasteiger charge is 2.76. The van der Waals surface area contributed by atoms with E-state index in [-0.39, 0.29) is 6.42 Å². The molecule has 0 spiro atoms. The van der Waals surface area contributed by atoms with Crippen LogP contribution in [0.3, 0.4) is 0 Å². The van der Waals surface area contributed by atoms with Crippen LogP contribution in [-0.2, 0) is 22.5 Å². The van der Waals surface area contributed by atoms with Gasteiger partial charge in [0.1, 0.15) is 11.2 Å². The summed E-state index contributed by atoms with van der Waals surface area (Å²) in [5, 5.41) is 10.7. The van der Waals surface area contributed by atoms with Crippen LogP contribution in [0.4, 0.5) is 31.1 Å². The Morgan fingerprint density at radius 1 is 1.02 bits per heavy atom. The monoisotopic (exact) mass is 626 g/mol. The lowest BCUT2D eigenvalue weighted by Gasteiger charge is -2.39. The third kappa shape index (κ3) is 5.48. The summed E-state index contributed by atoms with van der Waals surface area (Å²) in [6.07, 6.45) is -8.80. The summed E-state index contributed by atoms with van der Waals surface area (Å²) in [4.78, 5) is 35.5. The van der Waals surface area contributed by atoms with Crippen LogP contribution in [0.15, 0.2) is 30.6 Å². The van der Waals surface area contributed by atoms with E-state index < -0.39 is 54.7 Å². The molecule has 14 heteroatoms. The number of nitrogens with zero attached hydrogens (tertiary/aromatic N) is 3. The zero-order chi connectivity index (χ0) is 32.4. The molecule has 238 valence electrons. The molecule has 1 atom stereocenters. The Morgan fingerprint density at radius 2 is 1.70 bits per heavy atom. The van der Waals surface area contributed by atoms with Crippen molar-refractivity contribution in [3.8, 4) is 11.1 Å². The second-order valence-electron chi connectivity index (χ2n) is 12.3. The summed E-state index contributed by atoms with van der Waals surface area (Å²) in [5.41, 5.74) is -1.94. The molecule has 8 nitrogen and oxygen atoms in total. The number of aromatic amines is 1. The van der Waals surface area contributed by atoms with Crippen LogP contribution in [0.2, 0.25) is 0 Å². The first-order valence-corrected chi connectivity index (χ1v) is 14.1. The number of aromatic nitrogens is 2. The van der Waals surface area contributed by atoms with Crippen molar-refractivity contribution in [2.24, 2.45) is 0 Å². The molecule has 1 fully saturated rings. The predicted molar refractivity (Wildman–Crippen MR) is 147 cm³/mol. The van der Waals surface area contributed by atoms with Crippen molar-refractivity contribution in [1.29, 1.82) is 0 Å². The highest BCUT2D eigenvalue weighted by atomic mass is 19.4. The van der Waals surface area contributed by atoms with Gasteiger partial charge in [-0.15, -0.1) is 0 Å². The molecule has 1 saturated heterocycles. The zero-order valence-electron chi connectivity index (χ0n) is 24.5. The molecular formula is C30H32F6N4O4. The molecule has 4 heterocycles. The van der Waals surface area contributed by atoms with Crippen molar-refractivity contribution in [3.63, 3.8) is 0 Å². The number of ether oxygens (including phenoxy) is 1. The number of hydrogen-bond donors (Lipinski definition) is 2. The van der Waals surface area contributed by atoms with E-state index in [0.717, 1.165) is 10.9 Å². The number of pyridine rings is 1. The van der Waals surface area contributed by atoms with E-state index in [1.165, 1.54) is 4.90 Å². The van der Waals surface area contributed by atoms with Crippen LogP contribution in [0.1, 0.15) is 61.9 Å². The van der Waals surface area contributed by atoms with Gasteiger partial charge < -0.3 is 24.6 Å². The highest BCUT2D eigenvalue weighted by Crippen LogP contribution is 2.46. The fraction of sp³-hybridized carbons (Fsp3) is 0.500. The molecule has 2 amide bonds. The number of aliphatic hydroxyl groups is 1. The van der Waals surface area contributed by atoms with Gasteiger partial charge in [-0.2, -0.15) is 26.3 Å². The van der Waals surface area contributed by atoms with Crippen molar-refractivity contribution in [1.82, 2.24) is 19.8 Å². The summed E-state index contributed by atoms with van der Waals surface area (Å²) in [6.45, 7) is 6.24. The first-order chi connectivity index (χ1) is 20.3. The number of hydrogen-bond acceptors (Lipinski definition) is 5. The number of carbonyl (C=O) groups excluding carboxylic acids is 2. The second kappa shape index (κ2) is 10.7. The van der Waals surface area contributed by atoms with Crippen LogP contribution >= 0.6 is 0 Å². The third-order valence-corrected chi connectivity index (χ3v) is 8.11. The van der Waals surface area contributed by atoms with Crippen molar-refractivity contribution in [2.45, 2.75) is 83.1 Å². The van der Waals surface area contributed by atoms with Crippen molar-refractivity contribution in [2.75, 3.05) is 13.1 Å². The molecule has 44 heavy (non-hydrogen) atoms. The van der Waals surface area contributed by atoms with Crippen LogP contribution in [0.25, 0.3) is 22.2 Å². The summed E-state index contributed by atoms with van der Waals surface area (Å²) in [7, 11) is 0. The quantitative estimate of drug-likeness (QED) is 0.330. The summed E-state index contributed by atoms with van der Waals surface area (Å²) in [6, 6.07) is 4.82. The topological polar surface area (TPSA) is 98.8 Å². The van der Waals surface area contributed by atoms with E-state index in [1.807, 2.05) is 19.2 Å². The fourth-order valence-corrected chi connectivity index (χ4v) is 5.89. The maximum Gasteiger partial charge on any atom is 0.435 e. The van der Waals surface area contributed by atoms with Gasteiger partial charge in [0.25, 0.3) is 5.91 Å². The van der Waals surface area contributed by atoms with E-state index in [2.05, 4.69) is 9.97 Å². The molecule has 0 aliphatic carbocycles. The first kappa shape index (κ1) is 31.6. The molecule has 3 aromatic rings. The summed E-state index contributed by atoms with van der Waals surface area (Å²) >= 11 is 0. The van der Waals surface area contributed by atoms with Gasteiger partial charge in [-0.05, 0) is 86.9 Å². The standard InChI is InChI=1S/C30H32F6N4O4/c1-16-13-37-24-20(16)12-19(14-38-24)18-10-17-7-9-39(25(41)28(43,29(31,32)33)30(34,35)36)15-22(17)21(11-18)23-6-5-8-40(23)26(42)44-27(2,3)4/h10-14,23,43H,5-9,15H2,1-4H3,(H,37,38)/t23-/m0/s1. The number of fused-ring (bicyclic) bond motifs is 2. The maximum atomic E-state index is 13.6. The van der Waals surface area contributed by atoms with Crippen molar-refractivity contribution < 1.29 is 45.8 Å². The number of aryl methyl sites for hydroxylation is 1. The van der Waals surface area contributed by atoms with Crippen molar-refractivity contribution >= 4 is 23.0 Å². The number of alkyl halides is 6. The van der Waals surface area contributed by atoms with Gasteiger partial charge in [0.2, 0.25) is 0 Å². The minimum Gasteiger partial charge on any atom is -0.444 e. The van der Waals surface area contributed by atoms with Crippen LogP contribution in [0, 0.1) is 6.92 Å². The number of carbonyl (C=O) groups is 2. The number of amides is 2. The van der Waals surface area contributed by atoms with E-state index in [0.29, 0.717) is 57.8 Å². The minimum absolute atomic E-state index is 0.0777. The Bertz CT molecular complexity index is 1590. The molecule has 0 saturated carbocycles. The number of halogens is 6. The van der Waals surface area contributed by atoms with Gasteiger partial charge in [-0.1, -0.05) is 6.07 Å². The molecule has 2 aliphatic rings. The smallest absolute Gasteiger partial charge is 0.435 e. The highest BCUT2D eigenvalue weighted by molar-refractivity contribution is 5.88. The average Bonchev–Trinajstić information content (AvgIpc) is 3.56. The fourth-order valence-electron chi connectivity index (χ4n) is 5.89. The zero-order valence-corrected chi connectivity index (χ0v) is 24.5. The molecule has 1 aromatic carbocycles. The second-order valence-corrected chi connectivity index (χ2v) is 12.3. The minimum atomic E-state index is -6.30. The van der Waals surface area contributed by atoms with E-state index in [4.69, 9.17) is 4.74 Å². The van der Waals surface area contributed by atoms with E-state index in [9.17, 15) is 41.0 Å². The number of H-pyrrole nitrogens is 1. The number of rotatable bonds is 3. The SMILES string of the molecule is Cc1c[nH]c2ncc(-c3cc4c(c([C@@H]5CCCN5C(=O)OC(C)(C)C)c3)CN(C(=O)C(O)(C(F)(F)F)C(F)(F)F)CC4)cc12. The molecule has 2 aromatic heterocycles. The molecular weight excluding hydrogens is 594 g/mol. The lowest BCUT2D eigenvalue weighted by molar-refractivity contribution is -0.353. The third-order valence-electron chi connectivity index (χ3n) is 8.11. The van der Waals surface area contributed by atoms with E-state index >= 15 is 0 Å². The van der Waals surface area contributed by atoms with Gasteiger partial charge >= 0.3 is 24.0 Å².